The van der Waals surface area contributed by atoms with Gasteiger partial charge in [0.05, 0.1) is 6.61 Å². The number of unbranched alkanes of at least 4 members (excludes halogenated alkanes) is 1. The van der Waals surface area contributed by atoms with Crippen molar-refractivity contribution in [1.82, 2.24) is 0 Å². The lowest BCUT2D eigenvalue weighted by Crippen LogP contribution is -2.39. The zero-order valence-electron chi connectivity index (χ0n) is 10.00. The maximum absolute atomic E-state index is 8.95. The Kier molecular flexibility index (Phi) is 9.60. The van der Waals surface area contributed by atoms with Gasteiger partial charge in [-0.1, -0.05) is 6.42 Å². The summed E-state index contributed by atoms with van der Waals surface area (Å²) in [6, 6.07) is 0. The van der Waals surface area contributed by atoms with E-state index in [9.17, 15) is 0 Å². The van der Waals surface area contributed by atoms with Crippen LogP contribution in [0.3, 0.4) is 0 Å². The van der Waals surface area contributed by atoms with Crippen LogP contribution in [0, 0.1) is 0 Å². The van der Waals surface area contributed by atoms with Crippen LogP contribution in [0.4, 0.5) is 0 Å². The standard InChI is InChI=1S/C11H25NO2S/c1-11(12,10-13)6-3-4-8-15-9-5-7-14-2/h13H,3-10,12H2,1-2H3. The van der Waals surface area contributed by atoms with Gasteiger partial charge in [0.1, 0.15) is 0 Å². The predicted octanol–water partition coefficient (Wildman–Crippen LogP) is 1.64. The molecule has 4 heteroatoms. The summed E-state index contributed by atoms with van der Waals surface area (Å²) in [5, 5.41) is 8.95. The van der Waals surface area contributed by atoms with Crippen molar-refractivity contribution in [3.05, 3.63) is 0 Å². The molecule has 92 valence electrons. The summed E-state index contributed by atoms with van der Waals surface area (Å²) in [5.41, 5.74) is 5.43. The highest BCUT2D eigenvalue weighted by Crippen LogP contribution is 2.13. The molecule has 1 unspecified atom stereocenters. The van der Waals surface area contributed by atoms with Crippen molar-refractivity contribution in [3.8, 4) is 0 Å². The Hall–Kier alpha value is 0.230. The van der Waals surface area contributed by atoms with Crippen molar-refractivity contribution in [2.24, 2.45) is 5.73 Å². The third kappa shape index (κ3) is 10.5. The van der Waals surface area contributed by atoms with E-state index < -0.39 is 0 Å². The maximum Gasteiger partial charge on any atom is 0.0608 e. The highest BCUT2D eigenvalue weighted by atomic mass is 32.2. The van der Waals surface area contributed by atoms with E-state index >= 15 is 0 Å². The number of hydrogen-bond donors (Lipinski definition) is 2. The van der Waals surface area contributed by atoms with Crippen LogP contribution in [0.25, 0.3) is 0 Å². The predicted molar refractivity (Wildman–Crippen MR) is 67.3 cm³/mol. The normalized spacial score (nSPS) is 15.2. The van der Waals surface area contributed by atoms with Gasteiger partial charge < -0.3 is 15.6 Å². The second kappa shape index (κ2) is 9.46. The van der Waals surface area contributed by atoms with Crippen LogP contribution in [0.2, 0.25) is 0 Å². The third-order valence-electron chi connectivity index (χ3n) is 2.28. The zero-order chi connectivity index (χ0) is 11.6. The topological polar surface area (TPSA) is 55.5 Å². The van der Waals surface area contributed by atoms with Crippen molar-refractivity contribution >= 4 is 11.8 Å². The number of thioether (sulfide) groups is 1. The summed E-state index contributed by atoms with van der Waals surface area (Å²) in [4.78, 5) is 0. The molecule has 0 amide bonds. The molecule has 0 aliphatic carbocycles. The van der Waals surface area contributed by atoms with Crippen molar-refractivity contribution in [3.63, 3.8) is 0 Å². The van der Waals surface area contributed by atoms with Crippen LogP contribution in [-0.2, 0) is 4.74 Å². The number of aliphatic hydroxyl groups excluding tert-OH is 1. The molecule has 0 aliphatic rings. The summed E-state index contributed by atoms with van der Waals surface area (Å²) < 4.78 is 4.97. The van der Waals surface area contributed by atoms with Crippen LogP contribution >= 0.6 is 11.8 Å². The molecular formula is C11H25NO2S. The van der Waals surface area contributed by atoms with Gasteiger partial charge in [-0.15, -0.1) is 0 Å². The van der Waals surface area contributed by atoms with Crippen molar-refractivity contribution < 1.29 is 9.84 Å². The van der Waals surface area contributed by atoms with E-state index in [1.807, 2.05) is 18.7 Å². The van der Waals surface area contributed by atoms with Gasteiger partial charge >= 0.3 is 0 Å². The molecule has 0 bridgehead atoms. The zero-order valence-corrected chi connectivity index (χ0v) is 10.8. The van der Waals surface area contributed by atoms with Crippen molar-refractivity contribution in [2.45, 2.75) is 38.1 Å². The lowest BCUT2D eigenvalue weighted by atomic mass is 9.98. The largest absolute Gasteiger partial charge is 0.394 e. The summed E-state index contributed by atoms with van der Waals surface area (Å²) in [5.74, 6) is 2.36. The Bertz CT molecular complexity index is 143. The minimum atomic E-state index is -0.388. The summed E-state index contributed by atoms with van der Waals surface area (Å²) in [6.45, 7) is 2.84. The molecule has 15 heavy (non-hydrogen) atoms. The molecule has 0 spiro atoms. The van der Waals surface area contributed by atoms with Gasteiger partial charge in [-0.25, -0.2) is 0 Å². The fourth-order valence-corrected chi connectivity index (χ4v) is 2.15. The quantitative estimate of drug-likeness (QED) is 0.565. The first-order valence-electron chi connectivity index (χ1n) is 5.59. The highest BCUT2D eigenvalue weighted by molar-refractivity contribution is 7.99. The van der Waals surface area contributed by atoms with Gasteiger partial charge in [0.2, 0.25) is 0 Å². The third-order valence-corrected chi connectivity index (χ3v) is 3.44. The van der Waals surface area contributed by atoms with E-state index in [-0.39, 0.29) is 12.1 Å². The van der Waals surface area contributed by atoms with E-state index in [0.29, 0.717) is 0 Å². The monoisotopic (exact) mass is 235 g/mol. The van der Waals surface area contributed by atoms with Crippen LogP contribution in [0.15, 0.2) is 0 Å². The highest BCUT2D eigenvalue weighted by Gasteiger charge is 2.15. The van der Waals surface area contributed by atoms with Crippen LogP contribution < -0.4 is 5.73 Å². The SMILES string of the molecule is COCCCSCCCCC(C)(N)CO. The molecule has 0 fully saturated rings. The van der Waals surface area contributed by atoms with Gasteiger partial charge in [-0.3, -0.25) is 0 Å². The Labute approximate surface area is 97.8 Å². The molecule has 0 rings (SSSR count). The van der Waals surface area contributed by atoms with E-state index in [1.165, 1.54) is 17.9 Å². The van der Waals surface area contributed by atoms with Crippen LogP contribution in [-0.4, -0.2) is 42.5 Å². The van der Waals surface area contributed by atoms with Crippen LogP contribution in [0.1, 0.15) is 32.6 Å². The Morgan fingerprint density at radius 3 is 2.53 bits per heavy atom. The van der Waals surface area contributed by atoms with Gasteiger partial charge in [-0.05, 0) is 37.7 Å². The summed E-state index contributed by atoms with van der Waals surface area (Å²) in [6.07, 6.45) is 4.32. The van der Waals surface area contributed by atoms with Gasteiger partial charge in [-0.2, -0.15) is 11.8 Å². The second-order valence-electron chi connectivity index (χ2n) is 4.23. The van der Waals surface area contributed by atoms with E-state index in [2.05, 4.69) is 0 Å². The number of rotatable bonds is 10. The van der Waals surface area contributed by atoms with Crippen LogP contribution in [0.5, 0.6) is 0 Å². The minimum absolute atomic E-state index is 0.0774. The van der Waals surface area contributed by atoms with E-state index in [1.54, 1.807) is 7.11 Å². The Balaban J connectivity index is 3.11. The average Bonchev–Trinajstić information content (AvgIpc) is 2.22. The smallest absolute Gasteiger partial charge is 0.0608 e. The first-order valence-corrected chi connectivity index (χ1v) is 6.74. The number of methoxy groups -OCH3 is 1. The Morgan fingerprint density at radius 1 is 1.27 bits per heavy atom. The molecular weight excluding hydrogens is 210 g/mol. The fourth-order valence-electron chi connectivity index (χ4n) is 1.22. The Morgan fingerprint density at radius 2 is 1.93 bits per heavy atom. The molecule has 0 aromatic carbocycles. The van der Waals surface area contributed by atoms with E-state index in [4.69, 9.17) is 15.6 Å². The number of aliphatic hydroxyl groups is 1. The van der Waals surface area contributed by atoms with Gasteiger partial charge in [0.15, 0.2) is 0 Å². The average molecular weight is 235 g/mol. The molecule has 0 saturated heterocycles. The molecule has 0 aliphatic heterocycles. The molecule has 0 radical (unpaired) electrons. The number of nitrogens with two attached hydrogens (primary N) is 1. The molecule has 0 saturated carbocycles. The second-order valence-corrected chi connectivity index (χ2v) is 5.45. The first-order chi connectivity index (χ1) is 7.12. The molecule has 0 heterocycles. The maximum atomic E-state index is 8.95. The molecule has 0 aromatic heterocycles. The van der Waals surface area contributed by atoms with Crippen molar-refractivity contribution in [2.75, 3.05) is 31.8 Å². The molecule has 3 N–H and O–H groups in total. The molecule has 0 aromatic rings. The first kappa shape index (κ1) is 15.2. The molecule has 1 atom stereocenters. The summed E-state index contributed by atoms with van der Waals surface area (Å²) in [7, 11) is 1.74. The summed E-state index contributed by atoms with van der Waals surface area (Å²) >= 11 is 1.97. The van der Waals surface area contributed by atoms with Gasteiger partial charge in [0, 0.05) is 19.3 Å². The molecule has 3 nitrogen and oxygen atoms in total. The number of ether oxygens (including phenoxy) is 1. The van der Waals surface area contributed by atoms with E-state index in [0.717, 1.165) is 25.9 Å². The lowest BCUT2D eigenvalue weighted by Gasteiger charge is -2.21. The van der Waals surface area contributed by atoms with Gasteiger partial charge in [0.25, 0.3) is 0 Å². The van der Waals surface area contributed by atoms with Crippen molar-refractivity contribution in [1.29, 1.82) is 0 Å². The minimum Gasteiger partial charge on any atom is -0.394 e. The fraction of sp³-hybridized carbons (Fsp3) is 1.00. The lowest BCUT2D eigenvalue weighted by molar-refractivity contribution is 0.198. The number of hydrogen-bond acceptors (Lipinski definition) is 4.